The van der Waals surface area contributed by atoms with Crippen LogP contribution >= 0.6 is 12.4 Å². The molecule has 7 nitrogen and oxygen atoms in total. The van der Waals surface area contributed by atoms with E-state index >= 15 is 0 Å². The SMILES string of the molecule is CC(C)C(=O)Nc1ccc(CNC(=O)[C@H]2CNC[C@@H]2c2cnn(C)c2)cc1.Cl. The van der Waals surface area contributed by atoms with Crippen molar-refractivity contribution in [3.8, 4) is 0 Å². The molecule has 3 N–H and O–H groups in total. The van der Waals surface area contributed by atoms with Crippen LogP contribution in [-0.2, 0) is 23.2 Å². The number of hydrogen-bond acceptors (Lipinski definition) is 4. The molecule has 0 unspecified atom stereocenters. The van der Waals surface area contributed by atoms with E-state index in [2.05, 4.69) is 21.0 Å². The van der Waals surface area contributed by atoms with Gasteiger partial charge in [0.15, 0.2) is 0 Å². The highest BCUT2D eigenvalue weighted by Gasteiger charge is 2.34. The smallest absolute Gasteiger partial charge is 0.226 e. The minimum absolute atomic E-state index is 0. The van der Waals surface area contributed by atoms with Crippen LogP contribution in [0.1, 0.15) is 30.9 Å². The highest BCUT2D eigenvalue weighted by atomic mass is 35.5. The maximum Gasteiger partial charge on any atom is 0.226 e. The third-order valence-electron chi connectivity index (χ3n) is 4.92. The number of rotatable bonds is 6. The van der Waals surface area contributed by atoms with Crippen molar-refractivity contribution < 1.29 is 9.59 Å². The van der Waals surface area contributed by atoms with E-state index in [0.717, 1.165) is 23.4 Å². The highest BCUT2D eigenvalue weighted by Crippen LogP contribution is 2.28. The van der Waals surface area contributed by atoms with Gasteiger partial charge in [0, 0.05) is 50.4 Å². The third-order valence-corrected chi connectivity index (χ3v) is 4.92. The van der Waals surface area contributed by atoms with Gasteiger partial charge >= 0.3 is 0 Å². The van der Waals surface area contributed by atoms with Gasteiger partial charge in [0.05, 0.1) is 12.1 Å². The number of aryl methyl sites for hydroxylation is 1. The van der Waals surface area contributed by atoms with Gasteiger partial charge in [-0.3, -0.25) is 14.3 Å². The van der Waals surface area contributed by atoms with Gasteiger partial charge in [-0.1, -0.05) is 26.0 Å². The second-order valence-corrected chi connectivity index (χ2v) is 7.38. The number of carbonyl (C=O) groups is 2. The highest BCUT2D eigenvalue weighted by molar-refractivity contribution is 5.92. The zero-order valence-electron chi connectivity index (χ0n) is 16.4. The molecule has 0 spiro atoms. The molecule has 28 heavy (non-hydrogen) atoms. The van der Waals surface area contributed by atoms with Gasteiger partial charge in [-0.2, -0.15) is 5.10 Å². The van der Waals surface area contributed by atoms with Crippen LogP contribution in [0.25, 0.3) is 0 Å². The molecular weight excluding hydrogens is 378 g/mol. The van der Waals surface area contributed by atoms with E-state index in [4.69, 9.17) is 0 Å². The summed E-state index contributed by atoms with van der Waals surface area (Å²) in [5.41, 5.74) is 2.85. The van der Waals surface area contributed by atoms with Crippen molar-refractivity contribution in [1.82, 2.24) is 20.4 Å². The predicted molar refractivity (Wildman–Crippen MR) is 111 cm³/mol. The molecule has 0 aliphatic carbocycles. The van der Waals surface area contributed by atoms with Gasteiger partial charge in [0.1, 0.15) is 0 Å². The molecule has 1 aliphatic rings. The molecule has 1 aromatic carbocycles. The number of benzene rings is 1. The Morgan fingerprint density at radius 1 is 1.25 bits per heavy atom. The first-order chi connectivity index (χ1) is 12.9. The maximum atomic E-state index is 12.7. The fourth-order valence-electron chi connectivity index (χ4n) is 3.25. The number of carbonyl (C=O) groups excluding carboxylic acids is 2. The lowest BCUT2D eigenvalue weighted by Crippen LogP contribution is -2.33. The summed E-state index contributed by atoms with van der Waals surface area (Å²) in [4.78, 5) is 24.4. The van der Waals surface area contributed by atoms with Crippen molar-refractivity contribution in [2.45, 2.75) is 26.3 Å². The lowest BCUT2D eigenvalue weighted by molar-refractivity contribution is -0.125. The molecule has 1 aliphatic heterocycles. The van der Waals surface area contributed by atoms with Gasteiger partial charge in [0.25, 0.3) is 0 Å². The molecule has 1 saturated heterocycles. The van der Waals surface area contributed by atoms with Crippen molar-refractivity contribution in [2.75, 3.05) is 18.4 Å². The Balaban J connectivity index is 0.00000280. The molecule has 0 bridgehead atoms. The van der Waals surface area contributed by atoms with Crippen molar-refractivity contribution in [1.29, 1.82) is 0 Å². The fraction of sp³-hybridized carbons (Fsp3) is 0.450. The number of hydrogen-bond donors (Lipinski definition) is 3. The van der Waals surface area contributed by atoms with Crippen molar-refractivity contribution >= 4 is 29.9 Å². The van der Waals surface area contributed by atoms with E-state index in [1.54, 1.807) is 4.68 Å². The summed E-state index contributed by atoms with van der Waals surface area (Å²) in [6.07, 6.45) is 3.81. The van der Waals surface area contributed by atoms with Crippen LogP contribution in [0.5, 0.6) is 0 Å². The molecular formula is C20H28ClN5O2. The van der Waals surface area contributed by atoms with Crippen LogP contribution in [0.2, 0.25) is 0 Å². The van der Waals surface area contributed by atoms with Crippen LogP contribution in [-0.4, -0.2) is 34.7 Å². The number of anilines is 1. The van der Waals surface area contributed by atoms with E-state index in [0.29, 0.717) is 13.1 Å². The summed E-state index contributed by atoms with van der Waals surface area (Å²) in [6, 6.07) is 7.55. The third kappa shape index (κ3) is 5.33. The Morgan fingerprint density at radius 3 is 2.57 bits per heavy atom. The second-order valence-electron chi connectivity index (χ2n) is 7.38. The van der Waals surface area contributed by atoms with Crippen LogP contribution in [0.4, 0.5) is 5.69 Å². The summed E-state index contributed by atoms with van der Waals surface area (Å²) in [5, 5.41) is 13.4. The molecule has 1 fully saturated rings. The average molecular weight is 406 g/mol. The molecule has 8 heteroatoms. The van der Waals surface area contributed by atoms with Gasteiger partial charge in [-0.25, -0.2) is 0 Å². The topological polar surface area (TPSA) is 88.1 Å². The predicted octanol–water partition coefficient (Wildman–Crippen LogP) is 2.06. The molecule has 2 heterocycles. The summed E-state index contributed by atoms with van der Waals surface area (Å²) in [7, 11) is 1.88. The van der Waals surface area contributed by atoms with E-state index in [1.807, 2.05) is 57.6 Å². The summed E-state index contributed by atoms with van der Waals surface area (Å²) in [5.74, 6) is 0.0279. The van der Waals surface area contributed by atoms with E-state index < -0.39 is 0 Å². The molecule has 2 amide bonds. The number of aromatic nitrogens is 2. The summed E-state index contributed by atoms with van der Waals surface area (Å²) < 4.78 is 1.77. The first-order valence-corrected chi connectivity index (χ1v) is 9.31. The first kappa shape index (κ1) is 21.9. The van der Waals surface area contributed by atoms with Crippen molar-refractivity contribution in [3.63, 3.8) is 0 Å². The van der Waals surface area contributed by atoms with Crippen LogP contribution < -0.4 is 16.0 Å². The number of nitrogens with one attached hydrogen (secondary N) is 3. The van der Waals surface area contributed by atoms with Gasteiger partial charge in [-0.15, -0.1) is 12.4 Å². The molecule has 3 rings (SSSR count). The van der Waals surface area contributed by atoms with Crippen LogP contribution in [0.3, 0.4) is 0 Å². The molecule has 0 saturated carbocycles. The molecule has 152 valence electrons. The van der Waals surface area contributed by atoms with Crippen molar-refractivity contribution in [2.24, 2.45) is 18.9 Å². The largest absolute Gasteiger partial charge is 0.352 e. The van der Waals surface area contributed by atoms with E-state index in [9.17, 15) is 9.59 Å². The average Bonchev–Trinajstić information content (AvgIpc) is 3.29. The number of nitrogens with zero attached hydrogens (tertiary/aromatic N) is 2. The molecule has 2 aromatic rings. The summed E-state index contributed by atoms with van der Waals surface area (Å²) in [6.45, 7) is 5.64. The van der Waals surface area contributed by atoms with Gasteiger partial charge < -0.3 is 16.0 Å². The molecule has 0 radical (unpaired) electrons. The Kier molecular flexibility index (Phi) is 7.60. The quantitative estimate of drug-likeness (QED) is 0.686. The monoisotopic (exact) mass is 405 g/mol. The zero-order valence-corrected chi connectivity index (χ0v) is 17.3. The first-order valence-electron chi connectivity index (χ1n) is 9.31. The molecule has 1 aromatic heterocycles. The second kappa shape index (κ2) is 9.71. The molecule has 2 atom stereocenters. The lowest BCUT2D eigenvalue weighted by Gasteiger charge is -2.17. The number of halogens is 1. The normalized spacial score (nSPS) is 18.6. The number of amides is 2. The summed E-state index contributed by atoms with van der Waals surface area (Å²) >= 11 is 0. The fourth-order valence-corrected chi connectivity index (χ4v) is 3.25. The van der Waals surface area contributed by atoms with Gasteiger partial charge in [-0.05, 0) is 23.3 Å². The van der Waals surface area contributed by atoms with E-state index in [-0.39, 0.29) is 42.0 Å². The Bertz CT molecular complexity index is 803. The van der Waals surface area contributed by atoms with Crippen LogP contribution in [0.15, 0.2) is 36.7 Å². The maximum absolute atomic E-state index is 12.7. The van der Waals surface area contributed by atoms with Gasteiger partial charge in [0.2, 0.25) is 11.8 Å². The minimum atomic E-state index is -0.0983. The lowest BCUT2D eigenvalue weighted by atomic mass is 9.90. The van der Waals surface area contributed by atoms with Crippen LogP contribution in [0, 0.1) is 11.8 Å². The Morgan fingerprint density at radius 2 is 1.96 bits per heavy atom. The minimum Gasteiger partial charge on any atom is -0.352 e. The van der Waals surface area contributed by atoms with Crippen molar-refractivity contribution in [3.05, 3.63) is 47.8 Å². The zero-order chi connectivity index (χ0) is 19.4. The Hall–Kier alpha value is -2.38. The van der Waals surface area contributed by atoms with E-state index in [1.165, 1.54) is 0 Å². The standard InChI is InChI=1S/C20H27N5O2.ClH/c1-13(2)19(26)24-16-6-4-14(5-7-16)8-22-20(27)18-11-21-10-17(18)15-9-23-25(3)12-15;/h4-7,9,12-13,17-18,21H,8,10-11H2,1-3H3,(H,22,27)(H,24,26);1H/t17-,18+;/m1./s1. The Labute approximate surface area is 171 Å².